The van der Waals surface area contributed by atoms with E-state index in [1.807, 2.05) is 18.2 Å². The second-order valence-electron chi connectivity index (χ2n) is 7.17. The highest BCUT2D eigenvalue weighted by molar-refractivity contribution is 7.10. The van der Waals surface area contributed by atoms with Crippen LogP contribution in [0.1, 0.15) is 30.7 Å². The summed E-state index contributed by atoms with van der Waals surface area (Å²) < 4.78 is 10.7. The lowest BCUT2D eigenvalue weighted by Crippen LogP contribution is -2.37. The van der Waals surface area contributed by atoms with Crippen LogP contribution in [-0.2, 0) is 0 Å². The topological polar surface area (TPSA) is 72.1 Å². The van der Waals surface area contributed by atoms with Gasteiger partial charge in [0.05, 0.1) is 32.5 Å². The molecule has 3 N–H and O–H groups in total. The third-order valence-electron chi connectivity index (χ3n) is 5.23. The summed E-state index contributed by atoms with van der Waals surface area (Å²) in [4.78, 5) is 8.53. The number of guanidine groups is 1. The van der Waals surface area contributed by atoms with Crippen LogP contribution in [-0.4, -0.2) is 44.7 Å². The summed E-state index contributed by atoms with van der Waals surface area (Å²) in [5.74, 6) is 2.60. The van der Waals surface area contributed by atoms with Gasteiger partial charge in [-0.05, 0) is 55.4 Å². The maximum Gasteiger partial charge on any atom is 0.193 e. The second kappa shape index (κ2) is 9.80. The Morgan fingerprint density at radius 3 is 2.71 bits per heavy atom. The number of hydrogen-bond donors (Lipinski definition) is 2. The van der Waals surface area contributed by atoms with Crippen molar-refractivity contribution in [2.75, 3.05) is 39.2 Å². The van der Waals surface area contributed by atoms with Crippen LogP contribution in [0, 0.1) is 5.92 Å². The summed E-state index contributed by atoms with van der Waals surface area (Å²) in [6.07, 6.45) is 2.47. The maximum absolute atomic E-state index is 6.20. The summed E-state index contributed by atoms with van der Waals surface area (Å²) in [6, 6.07) is 10.1. The number of aliphatic imine (C=N–C) groups is 1. The summed E-state index contributed by atoms with van der Waals surface area (Å²) in [5.41, 5.74) is 6.94. The number of ether oxygens (including phenoxy) is 2. The molecule has 0 radical (unpaired) electrons. The number of likely N-dealkylation sites (tertiary alicyclic amines) is 1. The number of anilines is 1. The van der Waals surface area contributed by atoms with Gasteiger partial charge >= 0.3 is 0 Å². The van der Waals surface area contributed by atoms with Crippen LogP contribution < -0.4 is 20.5 Å². The molecule has 0 amide bonds. The van der Waals surface area contributed by atoms with E-state index in [0.29, 0.717) is 18.3 Å². The normalized spacial score (nSPS) is 17.3. The molecule has 1 aliphatic rings. The van der Waals surface area contributed by atoms with E-state index in [1.165, 1.54) is 17.7 Å². The zero-order chi connectivity index (χ0) is 19.9. The van der Waals surface area contributed by atoms with E-state index in [0.717, 1.165) is 30.4 Å². The Balaban J connectivity index is 1.72. The van der Waals surface area contributed by atoms with Crippen molar-refractivity contribution in [3.63, 3.8) is 0 Å². The summed E-state index contributed by atoms with van der Waals surface area (Å²) in [7, 11) is 3.26. The van der Waals surface area contributed by atoms with Crippen LogP contribution in [0.25, 0.3) is 0 Å². The van der Waals surface area contributed by atoms with Gasteiger partial charge in [-0.1, -0.05) is 13.0 Å². The minimum Gasteiger partial charge on any atom is -0.497 e. The van der Waals surface area contributed by atoms with Crippen molar-refractivity contribution in [3.8, 4) is 11.5 Å². The van der Waals surface area contributed by atoms with E-state index in [9.17, 15) is 0 Å². The van der Waals surface area contributed by atoms with Crippen molar-refractivity contribution >= 4 is 23.0 Å². The molecule has 1 aliphatic heterocycles. The molecule has 2 heterocycles. The van der Waals surface area contributed by atoms with Gasteiger partial charge in [0.1, 0.15) is 11.5 Å². The molecule has 6 nitrogen and oxygen atoms in total. The molecular weight excluding hydrogens is 372 g/mol. The average molecular weight is 403 g/mol. The molecule has 0 saturated carbocycles. The fourth-order valence-corrected chi connectivity index (χ4v) is 4.33. The summed E-state index contributed by atoms with van der Waals surface area (Å²) in [5, 5.41) is 5.28. The Labute approximate surface area is 171 Å². The molecule has 0 bridgehead atoms. The molecule has 0 spiro atoms. The number of nitrogens with zero attached hydrogens (tertiary/aromatic N) is 2. The molecule has 2 aromatic rings. The number of piperidine rings is 1. The lowest BCUT2D eigenvalue weighted by molar-refractivity contribution is 0.143. The number of hydrogen-bond acceptors (Lipinski definition) is 5. The molecule has 1 fully saturated rings. The Hall–Kier alpha value is -2.25. The number of rotatable bonds is 7. The fourth-order valence-electron chi connectivity index (χ4n) is 3.48. The monoisotopic (exact) mass is 402 g/mol. The van der Waals surface area contributed by atoms with E-state index in [2.05, 4.69) is 39.6 Å². The molecule has 1 aromatic carbocycles. The van der Waals surface area contributed by atoms with Crippen LogP contribution >= 0.6 is 11.3 Å². The van der Waals surface area contributed by atoms with Gasteiger partial charge < -0.3 is 20.5 Å². The highest BCUT2D eigenvalue weighted by atomic mass is 32.1. The smallest absolute Gasteiger partial charge is 0.193 e. The molecule has 1 unspecified atom stereocenters. The molecule has 0 aliphatic carbocycles. The van der Waals surface area contributed by atoms with Crippen LogP contribution in [0.3, 0.4) is 0 Å². The van der Waals surface area contributed by atoms with E-state index in [1.54, 1.807) is 25.6 Å². The molecular formula is C21H30N4O2S. The molecule has 1 saturated heterocycles. The van der Waals surface area contributed by atoms with Gasteiger partial charge in [0.2, 0.25) is 0 Å². The number of methoxy groups -OCH3 is 2. The minimum atomic E-state index is 0.264. The zero-order valence-corrected chi connectivity index (χ0v) is 17.7. The highest BCUT2D eigenvalue weighted by Gasteiger charge is 2.25. The standard InChI is InChI=1S/C21H30N4O2S/c1-15-8-10-25(11-9-15)18(20-5-4-12-28-20)14-23-21(22)24-17-13-16(26-2)6-7-19(17)27-3/h4-7,12-13,15,18H,8-11,14H2,1-3H3,(H3,22,23,24). The average Bonchev–Trinajstić information content (AvgIpc) is 3.24. The second-order valence-corrected chi connectivity index (χ2v) is 8.15. The zero-order valence-electron chi connectivity index (χ0n) is 16.9. The number of benzene rings is 1. The van der Waals surface area contributed by atoms with Gasteiger partial charge in [-0.2, -0.15) is 0 Å². The van der Waals surface area contributed by atoms with Gasteiger partial charge in [0, 0.05) is 10.9 Å². The molecule has 28 heavy (non-hydrogen) atoms. The predicted octanol–water partition coefficient (Wildman–Crippen LogP) is 3.97. The third-order valence-corrected chi connectivity index (χ3v) is 6.21. The maximum atomic E-state index is 6.20. The van der Waals surface area contributed by atoms with E-state index >= 15 is 0 Å². The number of nitrogens with two attached hydrogens (primary N) is 1. The van der Waals surface area contributed by atoms with Crippen molar-refractivity contribution in [2.24, 2.45) is 16.6 Å². The lowest BCUT2D eigenvalue weighted by atomic mass is 9.97. The van der Waals surface area contributed by atoms with Crippen LogP contribution in [0.2, 0.25) is 0 Å². The molecule has 7 heteroatoms. The minimum absolute atomic E-state index is 0.264. The van der Waals surface area contributed by atoms with Crippen molar-refractivity contribution < 1.29 is 9.47 Å². The molecule has 1 aromatic heterocycles. The van der Waals surface area contributed by atoms with Gasteiger partial charge in [-0.15, -0.1) is 11.3 Å². The largest absolute Gasteiger partial charge is 0.497 e. The Bertz CT molecular complexity index is 771. The lowest BCUT2D eigenvalue weighted by Gasteiger charge is -2.35. The first kappa shape index (κ1) is 20.5. The molecule has 1 atom stereocenters. The molecule has 3 rings (SSSR count). The number of nitrogens with one attached hydrogen (secondary N) is 1. The highest BCUT2D eigenvalue weighted by Crippen LogP contribution is 2.31. The summed E-state index contributed by atoms with van der Waals surface area (Å²) in [6.45, 7) is 5.17. The Kier molecular flexibility index (Phi) is 7.17. The Morgan fingerprint density at radius 2 is 2.07 bits per heavy atom. The van der Waals surface area contributed by atoms with Gasteiger partial charge in [-0.3, -0.25) is 9.89 Å². The van der Waals surface area contributed by atoms with Crippen molar-refractivity contribution in [3.05, 3.63) is 40.6 Å². The van der Waals surface area contributed by atoms with E-state index in [4.69, 9.17) is 15.2 Å². The Morgan fingerprint density at radius 1 is 1.29 bits per heavy atom. The first-order chi connectivity index (χ1) is 13.6. The van der Waals surface area contributed by atoms with Crippen molar-refractivity contribution in [1.82, 2.24) is 4.90 Å². The van der Waals surface area contributed by atoms with Crippen molar-refractivity contribution in [1.29, 1.82) is 0 Å². The fraction of sp³-hybridized carbons (Fsp3) is 0.476. The quantitative estimate of drug-likeness (QED) is 0.542. The first-order valence-electron chi connectivity index (χ1n) is 9.67. The van der Waals surface area contributed by atoms with Gasteiger partial charge in [-0.25, -0.2) is 0 Å². The van der Waals surface area contributed by atoms with E-state index < -0.39 is 0 Å². The summed E-state index contributed by atoms with van der Waals surface area (Å²) >= 11 is 1.78. The SMILES string of the molecule is COc1ccc(OC)c(NC(N)=NCC(c2cccs2)N2CCC(C)CC2)c1. The van der Waals surface area contributed by atoms with Crippen molar-refractivity contribution in [2.45, 2.75) is 25.8 Å². The third kappa shape index (κ3) is 5.17. The van der Waals surface area contributed by atoms with Crippen LogP contribution in [0.5, 0.6) is 11.5 Å². The molecule has 152 valence electrons. The van der Waals surface area contributed by atoms with E-state index in [-0.39, 0.29) is 6.04 Å². The first-order valence-corrected chi connectivity index (χ1v) is 10.5. The van der Waals surface area contributed by atoms with Crippen LogP contribution in [0.4, 0.5) is 5.69 Å². The van der Waals surface area contributed by atoms with Gasteiger partial charge in [0.25, 0.3) is 0 Å². The van der Waals surface area contributed by atoms with Gasteiger partial charge in [0.15, 0.2) is 5.96 Å². The predicted molar refractivity (Wildman–Crippen MR) is 117 cm³/mol. The number of thiophene rings is 1. The van der Waals surface area contributed by atoms with Crippen LogP contribution in [0.15, 0.2) is 40.7 Å².